The highest BCUT2D eigenvalue weighted by Crippen LogP contribution is 2.40. The first kappa shape index (κ1) is 19.9. The summed E-state index contributed by atoms with van der Waals surface area (Å²) in [5.41, 5.74) is 0. The molecule has 1 aliphatic heterocycles. The van der Waals surface area contributed by atoms with Gasteiger partial charge >= 0.3 is 6.36 Å². The Bertz CT molecular complexity index is 810. The van der Waals surface area contributed by atoms with Gasteiger partial charge in [0.05, 0.1) is 5.02 Å². The molecule has 0 radical (unpaired) electrons. The van der Waals surface area contributed by atoms with E-state index in [4.69, 9.17) is 27.9 Å². The van der Waals surface area contributed by atoms with Gasteiger partial charge in [-0.25, -0.2) is 4.98 Å². The van der Waals surface area contributed by atoms with Crippen LogP contribution < -0.4 is 14.4 Å². The molecule has 0 unspecified atom stereocenters. The smallest absolute Gasteiger partial charge is 0.454 e. The fourth-order valence-electron chi connectivity index (χ4n) is 2.82. The average Bonchev–Trinajstić information content (AvgIpc) is 2.58. The van der Waals surface area contributed by atoms with Crippen molar-refractivity contribution in [1.29, 1.82) is 0 Å². The van der Waals surface area contributed by atoms with Gasteiger partial charge in [-0.2, -0.15) is 0 Å². The van der Waals surface area contributed by atoms with Crippen LogP contribution in [0.15, 0.2) is 30.5 Å². The molecular formula is C18H17Cl2F3N2O2. The third kappa shape index (κ3) is 5.11. The molecule has 1 aromatic carbocycles. The summed E-state index contributed by atoms with van der Waals surface area (Å²) in [6, 6.07) is 5.03. The van der Waals surface area contributed by atoms with Gasteiger partial charge in [0, 0.05) is 31.4 Å². The highest BCUT2D eigenvalue weighted by atomic mass is 35.5. The van der Waals surface area contributed by atoms with E-state index in [1.807, 2.05) is 0 Å². The van der Waals surface area contributed by atoms with Crippen LogP contribution in [0, 0.1) is 5.92 Å². The maximum Gasteiger partial charge on any atom is 0.573 e. The number of ether oxygens (including phenoxy) is 2. The standard InChI is InChI=1S/C18H17Cl2F3N2O2/c1-11-5-8-25(9-6-11)17-16(20)15(4-7-24-17)26-14-3-2-12(10-13(14)19)27-18(21,22)23/h2-4,7,10-11H,5-6,8-9H2,1H3. The fraction of sp³-hybridized carbons (Fsp3) is 0.389. The van der Waals surface area contributed by atoms with Crippen molar-refractivity contribution in [2.45, 2.75) is 26.1 Å². The summed E-state index contributed by atoms with van der Waals surface area (Å²) < 4.78 is 46.4. The predicted molar refractivity (Wildman–Crippen MR) is 98.1 cm³/mol. The zero-order valence-electron chi connectivity index (χ0n) is 14.4. The van der Waals surface area contributed by atoms with Crippen molar-refractivity contribution < 1.29 is 22.6 Å². The van der Waals surface area contributed by atoms with Crippen molar-refractivity contribution in [3.05, 3.63) is 40.5 Å². The molecule has 27 heavy (non-hydrogen) atoms. The van der Waals surface area contributed by atoms with Gasteiger partial charge in [0.15, 0.2) is 11.6 Å². The Morgan fingerprint density at radius 3 is 2.44 bits per heavy atom. The molecule has 0 aliphatic carbocycles. The number of benzene rings is 1. The summed E-state index contributed by atoms with van der Waals surface area (Å²) in [5.74, 6) is 1.35. The van der Waals surface area contributed by atoms with E-state index in [9.17, 15) is 13.2 Å². The van der Waals surface area contributed by atoms with Gasteiger partial charge in [0.2, 0.25) is 0 Å². The second kappa shape index (κ2) is 8.02. The van der Waals surface area contributed by atoms with Crippen LogP contribution in [0.1, 0.15) is 19.8 Å². The first-order chi connectivity index (χ1) is 12.7. The zero-order valence-corrected chi connectivity index (χ0v) is 15.9. The highest BCUT2D eigenvalue weighted by molar-refractivity contribution is 6.34. The van der Waals surface area contributed by atoms with Crippen LogP contribution >= 0.6 is 23.2 Å². The van der Waals surface area contributed by atoms with E-state index >= 15 is 0 Å². The van der Waals surface area contributed by atoms with Crippen LogP contribution in [0.3, 0.4) is 0 Å². The molecule has 1 saturated heterocycles. The predicted octanol–water partition coefficient (Wildman–Crippen LogP) is 6.32. The Balaban J connectivity index is 1.79. The Morgan fingerprint density at radius 2 is 1.81 bits per heavy atom. The molecule has 2 aromatic rings. The van der Waals surface area contributed by atoms with Crippen molar-refractivity contribution in [2.75, 3.05) is 18.0 Å². The van der Waals surface area contributed by atoms with E-state index in [1.165, 1.54) is 6.07 Å². The maximum atomic E-state index is 12.3. The van der Waals surface area contributed by atoms with Gasteiger partial charge in [-0.05, 0) is 30.9 Å². The minimum absolute atomic E-state index is 0.0297. The number of hydrogen-bond acceptors (Lipinski definition) is 4. The van der Waals surface area contributed by atoms with Crippen LogP contribution in [0.4, 0.5) is 19.0 Å². The minimum atomic E-state index is -4.79. The lowest BCUT2D eigenvalue weighted by molar-refractivity contribution is -0.274. The molecule has 0 saturated carbocycles. The van der Waals surface area contributed by atoms with E-state index in [2.05, 4.69) is 21.5 Å². The number of piperidine rings is 1. The third-order valence-corrected chi connectivity index (χ3v) is 4.93. The summed E-state index contributed by atoms with van der Waals surface area (Å²) in [6.07, 6.45) is -1.12. The monoisotopic (exact) mass is 420 g/mol. The quantitative estimate of drug-likeness (QED) is 0.579. The number of pyridine rings is 1. The van der Waals surface area contributed by atoms with E-state index in [0.717, 1.165) is 38.1 Å². The lowest BCUT2D eigenvalue weighted by atomic mass is 9.99. The van der Waals surface area contributed by atoms with Crippen molar-refractivity contribution in [3.8, 4) is 17.2 Å². The number of aromatic nitrogens is 1. The zero-order chi connectivity index (χ0) is 19.6. The molecule has 4 nitrogen and oxygen atoms in total. The Hall–Kier alpha value is -1.86. The van der Waals surface area contributed by atoms with E-state index < -0.39 is 12.1 Å². The molecular weight excluding hydrogens is 404 g/mol. The van der Waals surface area contributed by atoms with Gasteiger partial charge in [0.1, 0.15) is 16.5 Å². The molecule has 0 spiro atoms. The molecule has 3 rings (SSSR count). The number of hydrogen-bond donors (Lipinski definition) is 0. The molecule has 0 bridgehead atoms. The molecule has 9 heteroatoms. The van der Waals surface area contributed by atoms with Gasteiger partial charge in [-0.3, -0.25) is 0 Å². The van der Waals surface area contributed by atoms with Crippen LogP contribution in [0.2, 0.25) is 10.0 Å². The van der Waals surface area contributed by atoms with Crippen molar-refractivity contribution in [2.24, 2.45) is 5.92 Å². The van der Waals surface area contributed by atoms with Crippen molar-refractivity contribution in [1.82, 2.24) is 4.98 Å². The van der Waals surface area contributed by atoms with Gasteiger partial charge in [-0.1, -0.05) is 30.1 Å². The summed E-state index contributed by atoms with van der Waals surface area (Å²) in [5, 5.41) is 0.303. The number of anilines is 1. The highest BCUT2D eigenvalue weighted by Gasteiger charge is 2.31. The van der Waals surface area contributed by atoms with Crippen LogP contribution in [0.5, 0.6) is 17.2 Å². The van der Waals surface area contributed by atoms with Crippen LogP contribution in [-0.2, 0) is 0 Å². The summed E-state index contributed by atoms with van der Waals surface area (Å²) in [6.45, 7) is 3.91. The Labute approximate surface area is 164 Å². The lowest BCUT2D eigenvalue weighted by Gasteiger charge is -2.31. The molecule has 1 aromatic heterocycles. The summed E-state index contributed by atoms with van der Waals surface area (Å²) in [7, 11) is 0. The van der Waals surface area contributed by atoms with Gasteiger partial charge in [-0.15, -0.1) is 13.2 Å². The maximum absolute atomic E-state index is 12.3. The van der Waals surface area contributed by atoms with Crippen LogP contribution in [0.25, 0.3) is 0 Å². The Morgan fingerprint density at radius 1 is 1.11 bits per heavy atom. The number of alkyl halides is 3. The molecule has 1 fully saturated rings. The molecule has 2 heterocycles. The molecule has 0 atom stereocenters. The molecule has 0 N–H and O–H groups in total. The second-order valence-corrected chi connectivity index (χ2v) is 7.14. The Kier molecular flexibility index (Phi) is 5.91. The largest absolute Gasteiger partial charge is 0.573 e. The van der Waals surface area contributed by atoms with Crippen molar-refractivity contribution >= 4 is 29.0 Å². The summed E-state index contributed by atoms with van der Waals surface area (Å²) >= 11 is 12.5. The molecule has 146 valence electrons. The van der Waals surface area contributed by atoms with E-state index in [-0.39, 0.29) is 10.8 Å². The third-order valence-electron chi connectivity index (χ3n) is 4.28. The second-order valence-electron chi connectivity index (χ2n) is 6.36. The number of halogens is 5. The van der Waals surface area contributed by atoms with Crippen LogP contribution in [-0.4, -0.2) is 24.4 Å². The van der Waals surface area contributed by atoms with E-state index in [1.54, 1.807) is 12.3 Å². The first-order valence-corrected chi connectivity index (χ1v) is 9.11. The fourth-order valence-corrected chi connectivity index (χ4v) is 3.29. The van der Waals surface area contributed by atoms with Gasteiger partial charge < -0.3 is 14.4 Å². The van der Waals surface area contributed by atoms with E-state index in [0.29, 0.717) is 22.5 Å². The number of rotatable bonds is 4. The summed E-state index contributed by atoms with van der Waals surface area (Å²) in [4.78, 5) is 6.44. The average molecular weight is 421 g/mol. The first-order valence-electron chi connectivity index (χ1n) is 8.35. The number of nitrogens with zero attached hydrogens (tertiary/aromatic N) is 2. The minimum Gasteiger partial charge on any atom is -0.454 e. The topological polar surface area (TPSA) is 34.6 Å². The normalized spacial score (nSPS) is 15.7. The lowest BCUT2D eigenvalue weighted by Crippen LogP contribution is -2.33. The molecule has 1 aliphatic rings. The molecule has 0 amide bonds. The van der Waals surface area contributed by atoms with Crippen molar-refractivity contribution in [3.63, 3.8) is 0 Å². The SMILES string of the molecule is CC1CCN(c2nccc(Oc3ccc(OC(F)(F)F)cc3Cl)c2Cl)CC1. The van der Waals surface area contributed by atoms with Gasteiger partial charge in [0.25, 0.3) is 0 Å².